The average Bonchev–Trinajstić information content (AvgIpc) is 1.98. The van der Waals surface area contributed by atoms with Crippen molar-refractivity contribution in [3.63, 3.8) is 0 Å². The maximum absolute atomic E-state index is 7.00. The van der Waals surface area contributed by atoms with Crippen LogP contribution in [0.5, 0.6) is 34.5 Å². The van der Waals surface area contributed by atoms with Gasteiger partial charge in [0.05, 0.1) is 39.6 Å². The first-order valence-electron chi connectivity index (χ1n) is 36.3. The van der Waals surface area contributed by atoms with Gasteiger partial charge in [-0.1, -0.05) is 276 Å². The summed E-state index contributed by atoms with van der Waals surface area (Å²) in [7, 11) is 0. The minimum atomic E-state index is 0.596. The molecule has 0 aliphatic carbocycles. The number of hydrogen-bond acceptors (Lipinski definition) is 6. The Morgan fingerprint density at radius 3 is 0.476 bits per heavy atom. The molecule has 0 aliphatic heterocycles. The fraction of sp³-hybridized carbons (Fsp3) is 0.769. The summed E-state index contributed by atoms with van der Waals surface area (Å²) < 4.78 is 42.0. The fourth-order valence-corrected chi connectivity index (χ4v) is 12.3. The van der Waals surface area contributed by atoms with E-state index in [9.17, 15) is 0 Å². The molecular weight excluding hydrogens is 1030 g/mol. The van der Waals surface area contributed by atoms with E-state index in [2.05, 4.69) is 119 Å². The molecule has 0 amide bonds. The second-order valence-corrected chi connectivity index (χ2v) is 27.1. The highest BCUT2D eigenvalue weighted by molar-refractivity contribution is 6.26. The highest BCUT2D eigenvalue weighted by Gasteiger charge is 2.22. The zero-order valence-corrected chi connectivity index (χ0v) is 57.1. The second kappa shape index (κ2) is 44.8. The number of unbranched alkanes of at least 4 members (excludes halogenated alkanes) is 18. The lowest BCUT2D eigenvalue weighted by Gasteiger charge is -2.22. The molecule has 6 atom stereocenters. The van der Waals surface area contributed by atoms with E-state index in [1.165, 1.54) is 193 Å². The molecule has 4 aromatic carbocycles. The zero-order valence-electron chi connectivity index (χ0n) is 57.1. The number of ether oxygens (including phenoxy) is 6. The number of benzene rings is 4. The summed E-state index contributed by atoms with van der Waals surface area (Å²) in [5.41, 5.74) is 0. The van der Waals surface area contributed by atoms with Gasteiger partial charge in [-0.05, 0) is 143 Å². The molecule has 6 heteroatoms. The van der Waals surface area contributed by atoms with Crippen LogP contribution in [0.3, 0.4) is 0 Å². The number of hydrogen-bond donors (Lipinski definition) is 0. The molecule has 0 heterocycles. The van der Waals surface area contributed by atoms with Crippen LogP contribution in [0.25, 0.3) is 32.3 Å². The molecule has 0 spiro atoms. The molecule has 4 aromatic rings. The van der Waals surface area contributed by atoms with Gasteiger partial charge >= 0.3 is 0 Å². The summed E-state index contributed by atoms with van der Waals surface area (Å²) in [6, 6.07) is 13.8. The van der Waals surface area contributed by atoms with Crippen molar-refractivity contribution in [1.82, 2.24) is 0 Å². The standard InChI is InChI=1S/C78H132O6/c1-13-19-25-31-37-61(7)43-49-79-73-55-67-68(56-74(73)80-50-44-62(8)38-32-26-20-14-2)70-58-76(82-52-46-64(10)40-34-28-22-16-4)78(84-54-48-66(12)42-36-30-24-18-6)60-72(70)71-59-77(83-53-47-65(11)41-35-29-23-17-5)75(57-69(67)71)81-51-45-63(9)39-33-27-21-15-3/h55-66H,13-54H2,1-12H3. The highest BCUT2D eigenvalue weighted by Crippen LogP contribution is 2.48. The summed E-state index contributed by atoms with van der Waals surface area (Å²) in [6.45, 7) is 32.1. The molecule has 0 bridgehead atoms. The maximum atomic E-state index is 7.00. The quantitative estimate of drug-likeness (QED) is 0.0324. The van der Waals surface area contributed by atoms with Gasteiger partial charge in [0.2, 0.25) is 0 Å². The highest BCUT2D eigenvalue weighted by atomic mass is 16.5. The first-order valence-corrected chi connectivity index (χ1v) is 36.3. The summed E-state index contributed by atoms with van der Waals surface area (Å²) in [6.07, 6.45) is 44.7. The lowest BCUT2D eigenvalue weighted by atomic mass is 9.93. The molecule has 0 N–H and O–H groups in total. The van der Waals surface area contributed by atoms with Crippen LogP contribution in [-0.2, 0) is 0 Å². The number of rotatable bonds is 54. The largest absolute Gasteiger partial charge is 0.490 e. The lowest BCUT2D eigenvalue weighted by molar-refractivity contribution is 0.238. The molecule has 0 radical (unpaired) electrons. The van der Waals surface area contributed by atoms with E-state index in [-0.39, 0.29) is 0 Å². The Morgan fingerprint density at radius 1 is 0.202 bits per heavy atom. The molecule has 0 saturated carbocycles. The Kier molecular flexibility index (Phi) is 38.9. The SMILES string of the molecule is CCCCCCC(C)CCOc1cc2c3cc(OCCC(C)CCCCCC)c(OCCC(C)CCCCCC)cc3c3cc(OCCC(C)CCCCCC)c(OCCC(C)CCCCCC)cc3c2cc1OCCC(C)CCCCCC. The van der Waals surface area contributed by atoms with Crippen LogP contribution in [0.1, 0.15) is 314 Å². The van der Waals surface area contributed by atoms with Crippen LogP contribution < -0.4 is 28.4 Å². The average molecular weight is 1170 g/mol. The van der Waals surface area contributed by atoms with Crippen LogP contribution in [0, 0.1) is 35.5 Å². The topological polar surface area (TPSA) is 55.4 Å². The van der Waals surface area contributed by atoms with E-state index in [0.29, 0.717) is 75.1 Å². The Labute approximate surface area is 518 Å². The maximum Gasteiger partial charge on any atom is 0.161 e. The van der Waals surface area contributed by atoms with Gasteiger partial charge in [0, 0.05) is 0 Å². The smallest absolute Gasteiger partial charge is 0.161 e. The third-order valence-electron chi connectivity index (χ3n) is 18.6. The van der Waals surface area contributed by atoms with E-state index in [4.69, 9.17) is 28.4 Å². The molecule has 84 heavy (non-hydrogen) atoms. The van der Waals surface area contributed by atoms with Crippen LogP contribution in [-0.4, -0.2) is 39.6 Å². The van der Waals surface area contributed by atoms with Gasteiger partial charge in [0.15, 0.2) is 34.5 Å². The third kappa shape index (κ3) is 28.5. The Bertz CT molecular complexity index is 1850. The first kappa shape index (κ1) is 72.9. The van der Waals surface area contributed by atoms with Gasteiger partial charge in [0.25, 0.3) is 0 Å². The summed E-state index contributed by atoms with van der Waals surface area (Å²) in [5, 5.41) is 6.81. The van der Waals surface area contributed by atoms with E-state index in [0.717, 1.165) is 105 Å². The summed E-state index contributed by atoms with van der Waals surface area (Å²) in [5.74, 6) is 8.57. The molecule has 6 nitrogen and oxygen atoms in total. The second-order valence-electron chi connectivity index (χ2n) is 27.1. The minimum absolute atomic E-state index is 0.596. The summed E-state index contributed by atoms with van der Waals surface area (Å²) in [4.78, 5) is 0. The first-order chi connectivity index (χ1) is 41.0. The molecular formula is C78H132O6. The van der Waals surface area contributed by atoms with Crippen molar-refractivity contribution < 1.29 is 28.4 Å². The van der Waals surface area contributed by atoms with Gasteiger partial charge in [-0.25, -0.2) is 0 Å². The van der Waals surface area contributed by atoms with Crippen molar-refractivity contribution in [2.45, 2.75) is 314 Å². The van der Waals surface area contributed by atoms with Gasteiger partial charge in [-0.3, -0.25) is 0 Å². The van der Waals surface area contributed by atoms with Gasteiger partial charge in [-0.15, -0.1) is 0 Å². The number of fused-ring (bicyclic) bond motifs is 6. The van der Waals surface area contributed by atoms with Crippen molar-refractivity contribution >= 4 is 32.3 Å². The van der Waals surface area contributed by atoms with Gasteiger partial charge in [-0.2, -0.15) is 0 Å². The van der Waals surface area contributed by atoms with Crippen molar-refractivity contribution in [2.24, 2.45) is 35.5 Å². The molecule has 0 saturated heterocycles. The predicted molar refractivity (Wildman–Crippen MR) is 367 cm³/mol. The monoisotopic (exact) mass is 1170 g/mol. The molecule has 0 aliphatic rings. The Morgan fingerprint density at radius 2 is 0.345 bits per heavy atom. The Balaban J connectivity index is 1.95. The fourth-order valence-electron chi connectivity index (χ4n) is 12.3. The van der Waals surface area contributed by atoms with Crippen LogP contribution in [0.15, 0.2) is 36.4 Å². The molecule has 0 aromatic heterocycles. The zero-order chi connectivity index (χ0) is 60.6. The van der Waals surface area contributed by atoms with E-state index >= 15 is 0 Å². The molecule has 6 unspecified atom stereocenters. The molecule has 0 fully saturated rings. The molecule has 480 valence electrons. The van der Waals surface area contributed by atoms with Crippen LogP contribution in [0.4, 0.5) is 0 Å². The Hall–Kier alpha value is -3.54. The lowest BCUT2D eigenvalue weighted by Crippen LogP contribution is -2.09. The third-order valence-corrected chi connectivity index (χ3v) is 18.6. The van der Waals surface area contributed by atoms with Crippen LogP contribution >= 0.6 is 0 Å². The van der Waals surface area contributed by atoms with Crippen molar-refractivity contribution in [2.75, 3.05) is 39.6 Å². The van der Waals surface area contributed by atoms with E-state index < -0.39 is 0 Å². The van der Waals surface area contributed by atoms with Crippen molar-refractivity contribution in [3.05, 3.63) is 36.4 Å². The summed E-state index contributed by atoms with van der Waals surface area (Å²) >= 11 is 0. The normalized spacial score (nSPS) is 14.0. The van der Waals surface area contributed by atoms with Crippen molar-refractivity contribution in [3.8, 4) is 34.5 Å². The van der Waals surface area contributed by atoms with Crippen LogP contribution in [0.2, 0.25) is 0 Å². The van der Waals surface area contributed by atoms with Crippen molar-refractivity contribution in [1.29, 1.82) is 0 Å². The molecule has 4 rings (SSSR count). The van der Waals surface area contributed by atoms with E-state index in [1.807, 2.05) is 0 Å². The van der Waals surface area contributed by atoms with Gasteiger partial charge < -0.3 is 28.4 Å². The minimum Gasteiger partial charge on any atom is -0.490 e. The van der Waals surface area contributed by atoms with E-state index in [1.54, 1.807) is 0 Å². The van der Waals surface area contributed by atoms with Gasteiger partial charge in [0.1, 0.15) is 0 Å². The predicted octanol–water partition coefficient (Wildman–Crippen LogP) is 25.4.